The summed E-state index contributed by atoms with van der Waals surface area (Å²) >= 11 is 0. The number of aryl methyl sites for hydroxylation is 1. The van der Waals surface area contributed by atoms with E-state index in [-0.39, 0.29) is 23.5 Å². The molecule has 1 atom stereocenters. The fourth-order valence-corrected chi connectivity index (χ4v) is 5.12. The summed E-state index contributed by atoms with van der Waals surface area (Å²) in [5, 5.41) is 13.3. The predicted octanol–water partition coefficient (Wildman–Crippen LogP) is 5.48. The average Bonchev–Trinajstić information content (AvgIpc) is 2.82. The van der Waals surface area contributed by atoms with Crippen molar-refractivity contribution in [1.82, 2.24) is 9.80 Å². The van der Waals surface area contributed by atoms with Crippen LogP contribution in [-0.4, -0.2) is 44.8 Å². The number of benzene rings is 2. The summed E-state index contributed by atoms with van der Waals surface area (Å²) in [5.74, 6) is -0.176. The standard InChI is InChI=1S/C30H43N3O3/c1-17(2)30(36)33-16-25-13-23(15-32(18(3)4)19(5)6)10-11-24(25)14-27(33)29(35)31-26-12-20(7)28(34)22(9)21(26)8/h10-13,17-19,27,34H,14-16H2,1-9H3,(H,31,35)/t27-/m0/s1. The van der Waals surface area contributed by atoms with Crippen molar-refractivity contribution in [1.29, 1.82) is 0 Å². The maximum Gasteiger partial charge on any atom is 0.247 e. The summed E-state index contributed by atoms with van der Waals surface area (Å²) in [6.07, 6.45) is 0.479. The Morgan fingerprint density at radius 3 is 2.22 bits per heavy atom. The van der Waals surface area contributed by atoms with Crippen LogP contribution in [0.1, 0.15) is 74.9 Å². The van der Waals surface area contributed by atoms with E-state index in [2.05, 4.69) is 56.1 Å². The van der Waals surface area contributed by atoms with Crippen molar-refractivity contribution in [2.45, 2.75) is 99.9 Å². The number of hydrogen-bond acceptors (Lipinski definition) is 4. The van der Waals surface area contributed by atoms with Gasteiger partial charge in [0.15, 0.2) is 0 Å². The van der Waals surface area contributed by atoms with Gasteiger partial charge in [0.1, 0.15) is 11.8 Å². The zero-order chi connectivity index (χ0) is 26.9. The molecule has 1 aliphatic rings. The fraction of sp³-hybridized carbons (Fsp3) is 0.533. The number of phenolic OH excluding ortho intramolecular Hbond substituents is 1. The van der Waals surface area contributed by atoms with Crippen LogP contribution in [0, 0.1) is 26.7 Å². The number of rotatable bonds is 7. The smallest absolute Gasteiger partial charge is 0.247 e. The molecule has 1 aliphatic heterocycles. The first kappa shape index (κ1) is 27.7. The van der Waals surface area contributed by atoms with E-state index in [1.54, 1.807) is 11.0 Å². The van der Waals surface area contributed by atoms with Crippen LogP contribution < -0.4 is 5.32 Å². The Bertz CT molecular complexity index is 1130. The van der Waals surface area contributed by atoms with E-state index in [4.69, 9.17) is 0 Å². The molecule has 0 spiro atoms. The molecule has 2 aromatic carbocycles. The number of phenols is 1. The van der Waals surface area contributed by atoms with Gasteiger partial charge in [-0.1, -0.05) is 32.0 Å². The number of aromatic hydroxyl groups is 1. The molecular formula is C30H43N3O3. The third kappa shape index (κ3) is 5.75. The lowest BCUT2D eigenvalue weighted by molar-refractivity contribution is -0.142. The van der Waals surface area contributed by atoms with Crippen LogP contribution in [0.5, 0.6) is 5.75 Å². The molecule has 6 nitrogen and oxygen atoms in total. The van der Waals surface area contributed by atoms with Gasteiger partial charge in [-0.05, 0) is 87.9 Å². The number of nitrogens with one attached hydrogen (secondary N) is 1. The van der Waals surface area contributed by atoms with Crippen molar-refractivity contribution < 1.29 is 14.7 Å². The van der Waals surface area contributed by atoms with Crippen LogP contribution in [-0.2, 0) is 29.1 Å². The molecule has 0 aliphatic carbocycles. The minimum Gasteiger partial charge on any atom is -0.507 e. The third-order valence-corrected chi connectivity index (χ3v) is 7.49. The molecule has 36 heavy (non-hydrogen) atoms. The molecule has 0 saturated heterocycles. The van der Waals surface area contributed by atoms with Gasteiger partial charge in [0.25, 0.3) is 0 Å². The maximum absolute atomic E-state index is 13.6. The summed E-state index contributed by atoms with van der Waals surface area (Å²) in [6.45, 7) is 19.4. The quantitative estimate of drug-likeness (QED) is 0.501. The van der Waals surface area contributed by atoms with E-state index in [0.29, 0.717) is 36.3 Å². The molecule has 196 valence electrons. The number of carbonyl (C=O) groups excluding carboxylic acids is 2. The van der Waals surface area contributed by atoms with Gasteiger partial charge in [0.05, 0.1) is 0 Å². The van der Waals surface area contributed by atoms with Crippen molar-refractivity contribution in [3.05, 3.63) is 57.6 Å². The molecule has 0 bridgehead atoms. The van der Waals surface area contributed by atoms with Crippen molar-refractivity contribution in [2.75, 3.05) is 5.32 Å². The van der Waals surface area contributed by atoms with E-state index >= 15 is 0 Å². The molecule has 3 rings (SSSR count). The van der Waals surface area contributed by atoms with E-state index in [0.717, 1.165) is 28.8 Å². The van der Waals surface area contributed by atoms with E-state index in [1.807, 2.05) is 34.6 Å². The van der Waals surface area contributed by atoms with Gasteiger partial charge >= 0.3 is 0 Å². The molecule has 0 radical (unpaired) electrons. The lowest BCUT2D eigenvalue weighted by Crippen LogP contribution is -2.52. The molecule has 2 N–H and O–H groups in total. The lowest BCUT2D eigenvalue weighted by atomic mass is 9.90. The van der Waals surface area contributed by atoms with Gasteiger partial charge in [-0.3, -0.25) is 14.5 Å². The summed E-state index contributed by atoms with van der Waals surface area (Å²) in [6, 6.07) is 8.56. The molecule has 2 amide bonds. The number of hydrogen-bond donors (Lipinski definition) is 2. The minimum atomic E-state index is -0.588. The average molecular weight is 494 g/mol. The second-order valence-corrected chi connectivity index (χ2v) is 11.1. The van der Waals surface area contributed by atoms with E-state index < -0.39 is 6.04 Å². The first-order valence-electron chi connectivity index (χ1n) is 13.1. The van der Waals surface area contributed by atoms with Gasteiger partial charge in [-0.2, -0.15) is 0 Å². The Hall–Kier alpha value is -2.86. The van der Waals surface area contributed by atoms with Crippen molar-refractivity contribution in [2.24, 2.45) is 5.92 Å². The van der Waals surface area contributed by atoms with E-state index in [1.165, 1.54) is 5.56 Å². The fourth-order valence-electron chi connectivity index (χ4n) is 5.12. The molecular weight excluding hydrogens is 450 g/mol. The van der Waals surface area contributed by atoms with Crippen LogP contribution in [0.15, 0.2) is 24.3 Å². The number of amides is 2. The molecule has 0 fully saturated rings. The Kier molecular flexibility index (Phi) is 8.50. The highest BCUT2D eigenvalue weighted by Gasteiger charge is 2.36. The molecule has 6 heteroatoms. The SMILES string of the molecule is Cc1cc(NC(=O)[C@@H]2Cc3ccc(CN(C(C)C)C(C)C)cc3CN2C(=O)C(C)C)c(C)c(C)c1O. The zero-order valence-electron chi connectivity index (χ0n) is 23.4. The normalized spacial score (nSPS) is 15.7. The predicted molar refractivity (Wildman–Crippen MR) is 146 cm³/mol. The van der Waals surface area contributed by atoms with Crippen LogP contribution >= 0.6 is 0 Å². The molecule has 1 heterocycles. The van der Waals surface area contributed by atoms with Gasteiger partial charge in [0, 0.05) is 43.2 Å². The molecule has 0 unspecified atom stereocenters. The number of nitrogens with zero attached hydrogens (tertiary/aromatic N) is 2. The van der Waals surface area contributed by atoms with E-state index in [9.17, 15) is 14.7 Å². The highest BCUT2D eigenvalue weighted by atomic mass is 16.3. The van der Waals surface area contributed by atoms with Crippen molar-refractivity contribution in [3.8, 4) is 5.75 Å². The first-order chi connectivity index (χ1) is 16.8. The van der Waals surface area contributed by atoms with Gasteiger partial charge < -0.3 is 15.3 Å². The van der Waals surface area contributed by atoms with Crippen LogP contribution in [0.2, 0.25) is 0 Å². The molecule has 0 aromatic heterocycles. The Labute approximate surface area is 216 Å². The highest BCUT2D eigenvalue weighted by molar-refractivity contribution is 5.98. The Balaban J connectivity index is 1.92. The van der Waals surface area contributed by atoms with Crippen LogP contribution in [0.4, 0.5) is 5.69 Å². The second-order valence-electron chi connectivity index (χ2n) is 11.1. The summed E-state index contributed by atoms with van der Waals surface area (Å²) in [5.41, 5.74) is 6.41. The number of fused-ring (bicyclic) bond motifs is 1. The highest BCUT2D eigenvalue weighted by Crippen LogP contribution is 2.32. The topological polar surface area (TPSA) is 72.9 Å². The van der Waals surface area contributed by atoms with Crippen molar-refractivity contribution in [3.63, 3.8) is 0 Å². The van der Waals surface area contributed by atoms with Crippen LogP contribution in [0.3, 0.4) is 0 Å². The van der Waals surface area contributed by atoms with Gasteiger partial charge in [0.2, 0.25) is 11.8 Å². The molecule has 0 saturated carbocycles. The van der Waals surface area contributed by atoms with Gasteiger partial charge in [-0.15, -0.1) is 0 Å². The molecule has 2 aromatic rings. The Morgan fingerprint density at radius 1 is 1.00 bits per heavy atom. The number of carbonyl (C=O) groups is 2. The number of anilines is 1. The van der Waals surface area contributed by atoms with Crippen molar-refractivity contribution >= 4 is 17.5 Å². The first-order valence-corrected chi connectivity index (χ1v) is 13.1. The monoisotopic (exact) mass is 493 g/mol. The van der Waals surface area contributed by atoms with Crippen LogP contribution in [0.25, 0.3) is 0 Å². The minimum absolute atomic E-state index is 0.0213. The lowest BCUT2D eigenvalue weighted by Gasteiger charge is -2.38. The summed E-state index contributed by atoms with van der Waals surface area (Å²) in [4.78, 5) is 31.0. The largest absolute Gasteiger partial charge is 0.507 e. The zero-order valence-corrected chi connectivity index (χ0v) is 23.4. The Morgan fingerprint density at radius 2 is 1.64 bits per heavy atom. The maximum atomic E-state index is 13.6. The van der Waals surface area contributed by atoms with Gasteiger partial charge in [-0.25, -0.2) is 0 Å². The summed E-state index contributed by atoms with van der Waals surface area (Å²) < 4.78 is 0. The summed E-state index contributed by atoms with van der Waals surface area (Å²) in [7, 11) is 0. The second kappa shape index (κ2) is 11.0. The third-order valence-electron chi connectivity index (χ3n) is 7.49.